The summed E-state index contributed by atoms with van der Waals surface area (Å²) in [7, 11) is 4.33. The van der Waals surface area contributed by atoms with Gasteiger partial charge in [0.15, 0.2) is 0 Å². The van der Waals surface area contributed by atoms with Crippen LogP contribution >= 0.6 is 0 Å². The van der Waals surface area contributed by atoms with Gasteiger partial charge in [-0.3, -0.25) is 0 Å². The fourth-order valence-electron chi connectivity index (χ4n) is 5.75. The van der Waals surface area contributed by atoms with Gasteiger partial charge in [0.25, 0.3) is 0 Å². The molecule has 0 radical (unpaired) electrons. The van der Waals surface area contributed by atoms with Crippen molar-refractivity contribution in [3.63, 3.8) is 0 Å². The number of benzene rings is 2. The molecule has 0 saturated heterocycles. The molecule has 2 rings (SSSR count). The topological polar surface area (TPSA) is 88.7 Å². The van der Waals surface area contributed by atoms with Gasteiger partial charge < -0.3 is 31.1 Å². The number of amides is 4. The Bertz CT molecular complexity index is 1020. The van der Waals surface area contributed by atoms with E-state index < -0.39 is 0 Å². The van der Waals surface area contributed by atoms with Gasteiger partial charge >= 0.3 is 12.1 Å². The maximum absolute atomic E-state index is 12.5. The molecule has 0 saturated carbocycles. The van der Waals surface area contributed by atoms with Gasteiger partial charge in [0.05, 0.1) is 0 Å². The summed E-state index contributed by atoms with van der Waals surface area (Å²) in [5.41, 5.74) is 3.72. The summed E-state index contributed by atoms with van der Waals surface area (Å²) in [5.74, 6) is 0. The molecule has 4 N–H and O–H groups in total. The lowest BCUT2D eigenvalue weighted by Crippen LogP contribution is -2.32. The summed E-state index contributed by atoms with van der Waals surface area (Å²) in [5, 5.41) is 11.9. The number of nitrogens with zero attached hydrogens (tertiary/aromatic N) is 2. The first-order valence-electron chi connectivity index (χ1n) is 18.5. The number of carbonyl (C=O) groups is 2. The van der Waals surface area contributed by atoms with E-state index in [1.807, 2.05) is 36.4 Å². The van der Waals surface area contributed by atoms with Crippen molar-refractivity contribution in [2.75, 3.05) is 64.0 Å². The molecular weight excluding hydrogens is 584 g/mol. The minimum absolute atomic E-state index is 0.178. The third kappa shape index (κ3) is 20.7. The average molecular weight is 651 g/mol. The highest BCUT2D eigenvalue weighted by Crippen LogP contribution is 2.18. The molecule has 0 spiro atoms. The Morgan fingerprint density at radius 2 is 0.915 bits per heavy atom. The molecule has 0 heterocycles. The van der Waals surface area contributed by atoms with E-state index in [0.717, 1.165) is 61.5 Å². The van der Waals surface area contributed by atoms with Gasteiger partial charge in [-0.15, -0.1) is 0 Å². The quantitative estimate of drug-likeness (QED) is 0.0766. The van der Waals surface area contributed by atoms with Crippen molar-refractivity contribution in [3.05, 3.63) is 59.7 Å². The number of anilines is 2. The second kappa shape index (κ2) is 25.9. The molecule has 0 aliphatic rings. The van der Waals surface area contributed by atoms with E-state index in [0.29, 0.717) is 19.5 Å². The van der Waals surface area contributed by atoms with Crippen LogP contribution in [0.2, 0.25) is 0 Å². The number of hydrogen-bond acceptors (Lipinski definition) is 4. The third-order valence-electron chi connectivity index (χ3n) is 8.57. The predicted molar refractivity (Wildman–Crippen MR) is 201 cm³/mol. The van der Waals surface area contributed by atoms with Crippen molar-refractivity contribution in [2.24, 2.45) is 0 Å². The highest BCUT2D eigenvalue weighted by atomic mass is 16.2. The summed E-state index contributed by atoms with van der Waals surface area (Å²) < 4.78 is 0. The van der Waals surface area contributed by atoms with E-state index in [4.69, 9.17) is 0 Å². The molecule has 8 nitrogen and oxygen atoms in total. The van der Waals surface area contributed by atoms with E-state index in [1.165, 1.54) is 77.0 Å². The SMILES string of the molecule is CCCCCCCCN(C)CCCNC(=O)Nc1cccc(Cc2cccc(NC(=O)NCCCN(C)CCCCCCCC)c2)c1. The van der Waals surface area contributed by atoms with Crippen LogP contribution in [0.3, 0.4) is 0 Å². The van der Waals surface area contributed by atoms with Crippen LogP contribution in [0.4, 0.5) is 21.0 Å². The van der Waals surface area contributed by atoms with Crippen LogP contribution in [-0.2, 0) is 6.42 Å². The summed E-state index contributed by atoms with van der Waals surface area (Å²) in [6.07, 6.45) is 18.3. The summed E-state index contributed by atoms with van der Waals surface area (Å²) in [6.45, 7) is 10.0. The van der Waals surface area contributed by atoms with Crippen molar-refractivity contribution in [2.45, 2.75) is 110 Å². The monoisotopic (exact) mass is 651 g/mol. The van der Waals surface area contributed by atoms with E-state index >= 15 is 0 Å². The van der Waals surface area contributed by atoms with Crippen molar-refractivity contribution < 1.29 is 9.59 Å². The summed E-state index contributed by atoms with van der Waals surface area (Å²) >= 11 is 0. The first-order valence-corrected chi connectivity index (χ1v) is 18.5. The van der Waals surface area contributed by atoms with Crippen LogP contribution in [0.15, 0.2) is 48.5 Å². The number of carbonyl (C=O) groups excluding carboxylic acids is 2. The maximum atomic E-state index is 12.5. The van der Waals surface area contributed by atoms with Crippen molar-refractivity contribution in [3.8, 4) is 0 Å². The molecular formula is C39H66N6O2. The normalized spacial score (nSPS) is 11.2. The van der Waals surface area contributed by atoms with Gasteiger partial charge in [-0.1, -0.05) is 102 Å². The van der Waals surface area contributed by atoms with Gasteiger partial charge in [-0.05, 0) is 108 Å². The fourth-order valence-corrected chi connectivity index (χ4v) is 5.75. The zero-order valence-corrected chi connectivity index (χ0v) is 30.2. The van der Waals surface area contributed by atoms with Crippen molar-refractivity contribution in [1.82, 2.24) is 20.4 Å². The molecule has 2 aromatic rings. The lowest BCUT2D eigenvalue weighted by Gasteiger charge is -2.16. The molecule has 8 heteroatoms. The number of hydrogen-bond donors (Lipinski definition) is 4. The van der Waals surface area contributed by atoms with Gasteiger partial charge in [-0.25, -0.2) is 9.59 Å². The lowest BCUT2D eigenvalue weighted by molar-refractivity contribution is 0.250. The fraction of sp³-hybridized carbons (Fsp3) is 0.641. The number of unbranched alkanes of at least 4 members (excludes halogenated alkanes) is 10. The number of nitrogens with one attached hydrogen (secondary N) is 4. The van der Waals surface area contributed by atoms with Crippen LogP contribution in [0.1, 0.15) is 115 Å². The van der Waals surface area contributed by atoms with Crippen LogP contribution in [-0.4, -0.2) is 75.2 Å². The molecule has 0 atom stereocenters. The van der Waals surface area contributed by atoms with Gasteiger partial charge in [0, 0.05) is 24.5 Å². The number of urea groups is 2. The van der Waals surface area contributed by atoms with Crippen LogP contribution in [0, 0.1) is 0 Å². The first-order chi connectivity index (χ1) is 22.9. The second-order valence-electron chi connectivity index (χ2n) is 13.2. The van der Waals surface area contributed by atoms with Crippen LogP contribution < -0.4 is 21.3 Å². The van der Waals surface area contributed by atoms with Crippen molar-refractivity contribution >= 4 is 23.4 Å². The molecule has 0 fully saturated rings. The smallest absolute Gasteiger partial charge is 0.319 e. The zero-order chi connectivity index (χ0) is 34.0. The minimum Gasteiger partial charge on any atom is -0.338 e. The first kappa shape index (κ1) is 40.1. The Kier molecular flexibility index (Phi) is 22.1. The molecule has 4 amide bonds. The largest absolute Gasteiger partial charge is 0.338 e. The molecule has 264 valence electrons. The Labute approximate surface area is 286 Å². The zero-order valence-electron chi connectivity index (χ0n) is 30.2. The van der Waals surface area contributed by atoms with Crippen LogP contribution in [0.5, 0.6) is 0 Å². The highest BCUT2D eigenvalue weighted by Gasteiger charge is 2.07. The Morgan fingerprint density at radius 3 is 1.34 bits per heavy atom. The Balaban J connectivity index is 1.64. The molecule has 0 aliphatic carbocycles. The van der Waals surface area contributed by atoms with E-state index in [9.17, 15) is 9.59 Å². The molecule has 0 aliphatic heterocycles. The van der Waals surface area contributed by atoms with Gasteiger partial charge in [0.1, 0.15) is 0 Å². The van der Waals surface area contributed by atoms with Crippen LogP contribution in [0.25, 0.3) is 0 Å². The highest BCUT2D eigenvalue weighted by molar-refractivity contribution is 5.89. The Morgan fingerprint density at radius 1 is 0.532 bits per heavy atom. The van der Waals surface area contributed by atoms with Crippen molar-refractivity contribution in [1.29, 1.82) is 0 Å². The second-order valence-corrected chi connectivity index (χ2v) is 13.2. The summed E-state index contributed by atoms with van der Waals surface area (Å²) in [6, 6.07) is 15.5. The summed E-state index contributed by atoms with van der Waals surface area (Å²) in [4.78, 5) is 29.7. The Hall–Kier alpha value is -3.10. The lowest BCUT2D eigenvalue weighted by atomic mass is 10.0. The molecule has 0 unspecified atom stereocenters. The third-order valence-corrected chi connectivity index (χ3v) is 8.57. The average Bonchev–Trinajstić information content (AvgIpc) is 3.05. The predicted octanol–water partition coefficient (Wildman–Crippen LogP) is 8.89. The molecule has 2 aromatic carbocycles. The van der Waals surface area contributed by atoms with Gasteiger partial charge in [-0.2, -0.15) is 0 Å². The standard InChI is InChI=1S/C39H66N6O2/c1-5-7-9-11-13-15-27-44(3)29-19-25-40-38(46)42-36-23-17-21-34(32-36)31-35-22-18-24-37(33-35)43-39(47)41-26-20-30-45(4)28-16-14-12-10-8-6-2/h17-18,21-24,32-33H,5-16,19-20,25-31H2,1-4H3,(H2,40,42,46)(H2,41,43,47). The maximum Gasteiger partial charge on any atom is 0.319 e. The number of rotatable bonds is 26. The van der Waals surface area contributed by atoms with Gasteiger partial charge in [0.2, 0.25) is 0 Å². The van der Waals surface area contributed by atoms with E-state index in [2.05, 4.69) is 71.1 Å². The molecule has 0 aromatic heterocycles. The molecule has 47 heavy (non-hydrogen) atoms. The van der Waals surface area contributed by atoms with E-state index in [1.54, 1.807) is 0 Å². The minimum atomic E-state index is -0.178. The van der Waals surface area contributed by atoms with E-state index in [-0.39, 0.29) is 12.1 Å². The molecule has 0 bridgehead atoms.